The summed E-state index contributed by atoms with van der Waals surface area (Å²) < 4.78 is 16.4. The zero-order chi connectivity index (χ0) is 24.9. The summed E-state index contributed by atoms with van der Waals surface area (Å²) in [6, 6.07) is 24.4. The van der Waals surface area contributed by atoms with E-state index in [9.17, 15) is 0 Å². The van der Waals surface area contributed by atoms with E-state index in [-0.39, 0.29) is 6.79 Å². The number of hydrogen-bond acceptors (Lipinski definition) is 5. The van der Waals surface area contributed by atoms with Crippen molar-refractivity contribution < 1.29 is 14.2 Å². The largest absolute Gasteiger partial charge is 0.489 e. The van der Waals surface area contributed by atoms with Crippen LogP contribution in [0, 0.1) is 12.3 Å². The van der Waals surface area contributed by atoms with Crippen LogP contribution in [0.25, 0.3) is 0 Å². The van der Waals surface area contributed by atoms with E-state index in [0.717, 1.165) is 51.0 Å². The lowest BCUT2D eigenvalue weighted by atomic mass is 9.90. The van der Waals surface area contributed by atoms with Crippen molar-refractivity contribution in [2.75, 3.05) is 20.5 Å². The van der Waals surface area contributed by atoms with E-state index in [4.69, 9.17) is 38.0 Å². The summed E-state index contributed by atoms with van der Waals surface area (Å²) in [5.41, 5.74) is 8.13. The molecule has 35 heavy (non-hydrogen) atoms. The Morgan fingerprint density at radius 1 is 1.03 bits per heavy atom. The van der Waals surface area contributed by atoms with Crippen molar-refractivity contribution in [2.45, 2.75) is 47.6 Å². The molecule has 0 amide bonds. The highest BCUT2D eigenvalue weighted by Crippen LogP contribution is 2.33. The van der Waals surface area contributed by atoms with Gasteiger partial charge in [0.15, 0.2) is 0 Å². The van der Waals surface area contributed by atoms with Crippen molar-refractivity contribution >= 4 is 23.4 Å². The molecule has 0 radical (unpaired) electrons. The van der Waals surface area contributed by atoms with Crippen LogP contribution in [0.2, 0.25) is 5.02 Å². The van der Waals surface area contributed by atoms with Crippen molar-refractivity contribution in [3.05, 3.63) is 88.9 Å². The molecule has 4 nitrogen and oxygen atoms in total. The van der Waals surface area contributed by atoms with E-state index in [2.05, 4.69) is 36.3 Å². The molecule has 0 aromatic heterocycles. The number of ether oxygens (including phenoxy) is 3. The Hall–Kier alpha value is -2.46. The minimum absolute atomic E-state index is 0.205. The van der Waals surface area contributed by atoms with Crippen LogP contribution in [0.5, 0.6) is 5.75 Å². The van der Waals surface area contributed by atoms with Crippen molar-refractivity contribution in [1.82, 2.24) is 0 Å². The zero-order valence-electron chi connectivity index (χ0n) is 20.0. The summed E-state index contributed by atoms with van der Waals surface area (Å²) in [5, 5.41) is 0.752. The van der Waals surface area contributed by atoms with Gasteiger partial charge in [0.1, 0.15) is 19.1 Å². The topological polar surface area (TPSA) is 53.7 Å². The Kier molecular flexibility index (Phi) is 11.0. The van der Waals surface area contributed by atoms with Gasteiger partial charge in [-0.2, -0.15) is 0 Å². The Morgan fingerprint density at radius 2 is 1.83 bits per heavy atom. The number of aryl methyl sites for hydroxylation is 1. The first kappa shape index (κ1) is 27.1. The second kappa shape index (κ2) is 14.2. The maximum Gasteiger partial charge on any atom is 0.146 e. The molecule has 3 aromatic carbocycles. The fourth-order valence-electron chi connectivity index (χ4n) is 3.67. The van der Waals surface area contributed by atoms with Crippen LogP contribution in [-0.2, 0) is 22.5 Å². The Morgan fingerprint density at radius 3 is 2.57 bits per heavy atom. The summed E-state index contributed by atoms with van der Waals surface area (Å²) in [7, 11) is 1.58. The SMILES string of the molecule is C#CCC(N)(CCCc1ccc(Sc2cccc(OCc3ccccc3)c2)cc1Cl)COCOC. The standard InChI is InChI=1S/C29H32ClNO3S/c1-3-16-29(31,21-33-22-32-2)17-8-11-24-14-15-27(19-28(24)30)35-26-13-7-12-25(18-26)34-20-23-9-5-4-6-10-23/h1,4-7,9-10,12-15,18-19H,8,11,16-17,20-22,31H2,2H3. The third kappa shape index (κ3) is 9.25. The lowest BCUT2D eigenvalue weighted by Gasteiger charge is -2.27. The quantitative estimate of drug-likeness (QED) is 0.148. The number of nitrogens with two attached hydrogens (primary N) is 1. The third-order valence-electron chi connectivity index (χ3n) is 5.48. The molecule has 1 unspecified atom stereocenters. The minimum Gasteiger partial charge on any atom is -0.489 e. The Bertz CT molecular complexity index is 1100. The molecule has 0 aliphatic carbocycles. The van der Waals surface area contributed by atoms with Gasteiger partial charge >= 0.3 is 0 Å². The van der Waals surface area contributed by atoms with Crippen LogP contribution in [0.3, 0.4) is 0 Å². The van der Waals surface area contributed by atoms with Crippen LogP contribution in [-0.4, -0.2) is 26.0 Å². The van der Waals surface area contributed by atoms with E-state index in [1.807, 2.05) is 42.5 Å². The van der Waals surface area contributed by atoms with Gasteiger partial charge in [0, 0.05) is 28.3 Å². The molecule has 0 bridgehead atoms. The first-order valence-electron chi connectivity index (χ1n) is 11.5. The third-order valence-corrected chi connectivity index (χ3v) is 6.81. The summed E-state index contributed by atoms with van der Waals surface area (Å²) in [6.07, 6.45) is 8.39. The summed E-state index contributed by atoms with van der Waals surface area (Å²) in [5.74, 6) is 3.50. The molecule has 0 saturated heterocycles. The molecular weight excluding hydrogens is 478 g/mol. The molecule has 0 aliphatic rings. The summed E-state index contributed by atoms with van der Waals surface area (Å²) in [6.45, 7) is 1.11. The van der Waals surface area contributed by atoms with Gasteiger partial charge in [0.2, 0.25) is 0 Å². The van der Waals surface area contributed by atoms with Crippen molar-refractivity contribution in [1.29, 1.82) is 0 Å². The molecular formula is C29H32ClNO3S. The van der Waals surface area contributed by atoms with Gasteiger partial charge < -0.3 is 19.9 Å². The first-order valence-corrected chi connectivity index (χ1v) is 12.7. The average Bonchev–Trinajstić information content (AvgIpc) is 2.85. The molecule has 0 heterocycles. The van der Waals surface area contributed by atoms with Gasteiger partial charge in [0.25, 0.3) is 0 Å². The molecule has 3 aromatic rings. The van der Waals surface area contributed by atoms with Gasteiger partial charge in [-0.25, -0.2) is 0 Å². The number of rotatable bonds is 14. The fourth-order valence-corrected chi connectivity index (χ4v) is 4.92. The van der Waals surface area contributed by atoms with E-state index >= 15 is 0 Å². The van der Waals surface area contributed by atoms with Gasteiger partial charge in [-0.05, 0) is 60.7 Å². The number of hydrogen-bond donors (Lipinski definition) is 1. The Balaban J connectivity index is 1.54. The zero-order valence-corrected chi connectivity index (χ0v) is 21.6. The van der Waals surface area contributed by atoms with Crippen molar-refractivity contribution in [2.24, 2.45) is 5.73 Å². The minimum atomic E-state index is -0.566. The van der Waals surface area contributed by atoms with Crippen LogP contribution < -0.4 is 10.5 Å². The summed E-state index contributed by atoms with van der Waals surface area (Å²) in [4.78, 5) is 2.17. The van der Waals surface area contributed by atoms with Crippen LogP contribution in [0.1, 0.15) is 30.4 Å². The first-order chi connectivity index (χ1) is 17.0. The van der Waals surface area contributed by atoms with Crippen molar-refractivity contribution in [3.63, 3.8) is 0 Å². The summed E-state index contributed by atoms with van der Waals surface area (Å²) >= 11 is 8.27. The van der Waals surface area contributed by atoms with E-state index < -0.39 is 5.54 Å². The van der Waals surface area contributed by atoms with Gasteiger partial charge in [-0.15, -0.1) is 12.3 Å². The molecule has 1 atom stereocenters. The Labute approximate surface area is 218 Å². The molecule has 0 spiro atoms. The van der Waals surface area contributed by atoms with Crippen molar-refractivity contribution in [3.8, 4) is 18.1 Å². The maximum atomic E-state index is 6.62. The number of benzene rings is 3. The molecule has 0 aliphatic heterocycles. The number of halogens is 1. The van der Waals surface area contributed by atoms with E-state index in [1.54, 1.807) is 18.9 Å². The highest BCUT2D eigenvalue weighted by Gasteiger charge is 2.24. The smallest absolute Gasteiger partial charge is 0.146 e. The van der Waals surface area contributed by atoms with Crippen LogP contribution in [0.4, 0.5) is 0 Å². The highest BCUT2D eigenvalue weighted by molar-refractivity contribution is 7.99. The number of methoxy groups -OCH3 is 1. The predicted molar refractivity (Wildman–Crippen MR) is 144 cm³/mol. The lowest BCUT2D eigenvalue weighted by Crippen LogP contribution is -2.44. The molecule has 2 N–H and O–H groups in total. The monoisotopic (exact) mass is 509 g/mol. The second-order valence-corrected chi connectivity index (χ2v) is 10.0. The number of terminal acetylenes is 1. The normalized spacial score (nSPS) is 12.6. The van der Waals surface area contributed by atoms with Gasteiger partial charge in [-0.1, -0.05) is 65.8 Å². The molecule has 184 valence electrons. The lowest BCUT2D eigenvalue weighted by molar-refractivity contribution is -0.0488. The second-order valence-electron chi connectivity index (χ2n) is 8.46. The van der Waals surface area contributed by atoms with Gasteiger partial charge in [-0.3, -0.25) is 0 Å². The molecule has 0 fully saturated rings. The highest BCUT2D eigenvalue weighted by atomic mass is 35.5. The molecule has 6 heteroatoms. The van der Waals surface area contributed by atoms with Gasteiger partial charge in [0.05, 0.1) is 12.1 Å². The fraction of sp³-hybridized carbons (Fsp3) is 0.310. The average molecular weight is 510 g/mol. The predicted octanol–water partition coefficient (Wildman–Crippen LogP) is 6.73. The van der Waals surface area contributed by atoms with E-state index in [0.29, 0.717) is 19.6 Å². The van der Waals surface area contributed by atoms with Crippen LogP contribution >= 0.6 is 23.4 Å². The maximum absolute atomic E-state index is 6.62. The molecule has 0 saturated carbocycles. The van der Waals surface area contributed by atoms with Crippen LogP contribution in [0.15, 0.2) is 82.6 Å². The molecule has 3 rings (SSSR count). The van der Waals surface area contributed by atoms with E-state index in [1.165, 1.54) is 0 Å².